The van der Waals surface area contributed by atoms with Crippen molar-refractivity contribution in [3.8, 4) is 0 Å². The van der Waals surface area contributed by atoms with Crippen molar-refractivity contribution in [1.29, 1.82) is 0 Å². The van der Waals surface area contributed by atoms with Crippen molar-refractivity contribution < 1.29 is 0 Å². The van der Waals surface area contributed by atoms with Crippen LogP contribution < -0.4 is 20.7 Å². The van der Waals surface area contributed by atoms with E-state index in [0.29, 0.717) is 0 Å². The number of hydrogen-bond acceptors (Lipinski definition) is 1. The smallest absolute Gasteiger partial charge is 0.140 e. The van der Waals surface area contributed by atoms with Crippen molar-refractivity contribution in [2.24, 2.45) is 0 Å². The SMILES string of the molecule is c1ccc([Si]2(c3ccccc3)c3ccccc3Cc3sc4ccccc4c32)cc1. The van der Waals surface area contributed by atoms with Gasteiger partial charge in [-0.05, 0) is 37.8 Å². The second-order valence-corrected chi connectivity index (χ2v) is 12.5. The topological polar surface area (TPSA) is 0 Å². The maximum Gasteiger partial charge on any atom is 0.181 e. The van der Waals surface area contributed by atoms with Crippen LogP contribution in [-0.2, 0) is 6.42 Å². The summed E-state index contributed by atoms with van der Waals surface area (Å²) in [4.78, 5) is 1.55. The Morgan fingerprint density at radius 1 is 0.586 bits per heavy atom. The lowest BCUT2D eigenvalue weighted by atomic mass is 10.1. The molecule has 0 N–H and O–H groups in total. The van der Waals surface area contributed by atoms with Gasteiger partial charge in [0.15, 0.2) is 8.07 Å². The van der Waals surface area contributed by atoms with Crippen molar-refractivity contribution in [1.82, 2.24) is 0 Å². The molecule has 4 aromatic carbocycles. The molecule has 0 fully saturated rings. The minimum atomic E-state index is -2.38. The monoisotopic (exact) mass is 404 g/mol. The molecule has 5 aromatic rings. The Morgan fingerprint density at radius 3 is 1.90 bits per heavy atom. The Morgan fingerprint density at radius 2 is 1.17 bits per heavy atom. The average Bonchev–Trinajstić information content (AvgIpc) is 3.17. The van der Waals surface area contributed by atoms with Gasteiger partial charge in [0.25, 0.3) is 0 Å². The summed E-state index contributed by atoms with van der Waals surface area (Å²) in [5.41, 5.74) is 1.49. The normalized spacial score (nSPS) is 14.3. The molecule has 29 heavy (non-hydrogen) atoms. The summed E-state index contributed by atoms with van der Waals surface area (Å²) in [6.07, 6.45) is 1.04. The largest absolute Gasteiger partial charge is 0.181 e. The van der Waals surface area contributed by atoms with Gasteiger partial charge in [-0.1, -0.05) is 103 Å². The standard InChI is InChI=1S/C27H20SSi/c1-3-12-21(13-4-1)29(22-14-5-2-6-15-22)26-18-10-7-11-20(26)19-25-27(29)23-16-8-9-17-24(23)28-25/h1-18H,19H2. The molecule has 2 heteroatoms. The van der Waals surface area contributed by atoms with Crippen LogP contribution in [0.3, 0.4) is 0 Å². The summed E-state index contributed by atoms with van der Waals surface area (Å²) >= 11 is 1.99. The van der Waals surface area contributed by atoms with Gasteiger partial charge >= 0.3 is 0 Å². The number of benzene rings is 4. The predicted octanol–water partition coefficient (Wildman–Crippen LogP) is 4.18. The number of thiophene rings is 1. The Kier molecular flexibility index (Phi) is 3.83. The second kappa shape index (κ2) is 6.55. The van der Waals surface area contributed by atoms with Gasteiger partial charge in [0.1, 0.15) is 0 Å². The fourth-order valence-corrected chi connectivity index (χ4v) is 12.3. The van der Waals surface area contributed by atoms with Crippen molar-refractivity contribution in [2.75, 3.05) is 0 Å². The van der Waals surface area contributed by atoms with Gasteiger partial charge in [-0.15, -0.1) is 11.3 Å². The average molecular weight is 405 g/mol. The first kappa shape index (κ1) is 17.0. The minimum absolute atomic E-state index is 1.04. The maximum absolute atomic E-state index is 2.40. The van der Waals surface area contributed by atoms with Crippen LogP contribution in [0.15, 0.2) is 109 Å². The molecule has 0 radical (unpaired) electrons. The summed E-state index contributed by atoms with van der Waals surface area (Å²) in [6, 6.07) is 40.7. The fraction of sp³-hybridized carbons (Fsp3) is 0.0370. The lowest BCUT2D eigenvalue weighted by Gasteiger charge is -2.39. The van der Waals surface area contributed by atoms with E-state index in [1.165, 1.54) is 26.0 Å². The Bertz CT molecular complexity index is 1280. The highest BCUT2D eigenvalue weighted by Crippen LogP contribution is 2.32. The van der Waals surface area contributed by atoms with Crippen LogP contribution in [0.2, 0.25) is 0 Å². The number of rotatable bonds is 2. The summed E-state index contributed by atoms with van der Waals surface area (Å²) < 4.78 is 1.41. The second-order valence-electron chi connectivity index (χ2n) is 7.71. The van der Waals surface area contributed by atoms with E-state index in [9.17, 15) is 0 Å². The van der Waals surface area contributed by atoms with Crippen LogP contribution in [0, 0.1) is 0 Å². The van der Waals surface area contributed by atoms with E-state index in [1.807, 2.05) is 11.3 Å². The van der Waals surface area contributed by atoms with Gasteiger partial charge in [0.2, 0.25) is 0 Å². The van der Waals surface area contributed by atoms with Crippen molar-refractivity contribution in [3.63, 3.8) is 0 Å². The van der Waals surface area contributed by atoms with E-state index in [0.717, 1.165) is 6.42 Å². The van der Waals surface area contributed by atoms with Crippen LogP contribution in [-0.4, -0.2) is 8.07 Å². The first-order valence-electron chi connectivity index (χ1n) is 10.1. The van der Waals surface area contributed by atoms with Crippen molar-refractivity contribution in [2.45, 2.75) is 6.42 Å². The molecule has 1 aromatic heterocycles. The molecule has 138 valence electrons. The van der Waals surface area contributed by atoms with Gasteiger partial charge in [-0.25, -0.2) is 0 Å². The zero-order chi connectivity index (χ0) is 19.3. The van der Waals surface area contributed by atoms with Gasteiger partial charge in [0, 0.05) is 16.0 Å². The summed E-state index contributed by atoms with van der Waals surface area (Å²) in [6.45, 7) is 0. The predicted molar refractivity (Wildman–Crippen MR) is 128 cm³/mol. The third-order valence-corrected chi connectivity index (χ3v) is 12.6. The molecule has 0 nitrogen and oxygen atoms in total. The van der Waals surface area contributed by atoms with E-state index >= 15 is 0 Å². The Balaban J connectivity index is 1.85. The highest BCUT2D eigenvalue weighted by atomic mass is 32.1. The van der Waals surface area contributed by atoms with Gasteiger partial charge in [0.05, 0.1) is 0 Å². The van der Waals surface area contributed by atoms with Gasteiger partial charge in [-0.3, -0.25) is 0 Å². The van der Waals surface area contributed by atoms with Crippen LogP contribution in [0.5, 0.6) is 0 Å². The third-order valence-electron chi connectivity index (χ3n) is 6.23. The molecule has 0 aliphatic carbocycles. The molecule has 0 bridgehead atoms. The lowest BCUT2D eigenvalue weighted by molar-refractivity contribution is 1.25. The number of fused-ring (bicyclic) bond motifs is 4. The van der Waals surface area contributed by atoms with Crippen LogP contribution >= 0.6 is 11.3 Å². The molecule has 0 unspecified atom stereocenters. The van der Waals surface area contributed by atoms with Crippen LogP contribution in [0.1, 0.15) is 10.4 Å². The highest BCUT2D eigenvalue weighted by Gasteiger charge is 2.47. The number of hydrogen-bond donors (Lipinski definition) is 0. The van der Waals surface area contributed by atoms with E-state index in [2.05, 4.69) is 109 Å². The third kappa shape index (κ3) is 2.36. The van der Waals surface area contributed by atoms with Crippen LogP contribution in [0.25, 0.3) is 10.1 Å². The molecule has 0 atom stereocenters. The molecule has 1 aliphatic rings. The van der Waals surface area contributed by atoms with Crippen molar-refractivity contribution in [3.05, 3.63) is 120 Å². The molecule has 2 heterocycles. The van der Waals surface area contributed by atoms with E-state index in [-0.39, 0.29) is 0 Å². The lowest BCUT2D eigenvalue weighted by Crippen LogP contribution is -2.77. The zero-order valence-electron chi connectivity index (χ0n) is 16.0. The van der Waals surface area contributed by atoms with E-state index in [4.69, 9.17) is 0 Å². The van der Waals surface area contributed by atoms with Crippen molar-refractivity contribution >= 4 is 50.2 Å². The first-order chi connectivity index (χ1) is 14.4. The molecule has 0 amide bonds. The fourth-order valence-electron chi connectivity index (χ4n) is 5.12. The van der Waals surface area contributed by atoms with Crippen LogP contribution in [0.4, 0.5) is 0 Å². The molecule has 0 saturated carbocycles. The molecule has 1 aliphatic heterocycles. The van der Waals surface area contributed by atoms with Gasteiger partial charge < -0.3 is 0 Å². The highest BCUT2D eigenvalue weighted by molar-refractivity contribution is 7.28. The minimum Gasteiger partial charge on any atom is -0.140 e. The molecule has 0 spiro atoms. The first-order valence-corrected chi connectivity index (χ1v) is 12.9. The molecular weight excluding hydrogens is 384 g/mol. The van der Waals surface area contributed by atoms with Gasteiger partial charge in [-0.2, -0.15) is 0 Å². The summed E-state index contributed by atoms with van der Waals surface area (Å²) in [7, 11) is -2.38. The molecule has 6 rings (SSSR count). The summed E-state index contributed by atoms with van der Waals surface area (Å²) in [5, 5.41) is 7.55. The summed E-state index contributed by atoms with van der Waals surface area (Å²) in [5.74, 6) is 0. The maximum atomic E-state index is 2.40. The zero-order valence-corrected chi connectivity index (χ0v) is 17.8. The molecular formula is C27H20SSi. The van der Waals surface area contributed by atoms with E-state index in [1.54, 1.807) is 15.3 Å². The van der Waals surface area contributed by atoms with E-state index < -0.39 is 8.07 Å². The Labute approximate surface area is 176 Å². The molecule has 0 saturated heterocycles. The Hall–Kier alpha value is -2.94. The quantitative estimate of drug-likeness (QED) is 0.380.